The summed E-state index contributed by atoms with van der Waals surface area (Å²) in [6, 6.07) is 8.72. The van der Waals surface area contributed by atoms with Gasteiger partial charge in [-0.2, -0.15) is 0 Å². The van der Waals surface area contributed by atoms with Crippen molar-refractivity contribution < 1.29 is 9.15 Å². The van der Waals surface area contributed by atoms with Crippen LogP contribution in [0.3, 0.4) is 0 Å². The van der Waals surface area contributed by atoms with Crippen LogP contribution in [0.5, 0.6) is 0 Å². The number of methoxy groups -OCH3 is 1. The van der Waals surface area contributed by atoms with Crippen molar-refractivity contribution in [1.82, 2.24) is 9.88 Å². The third-order valence-electron chi connectivity index (χ3n) is 4.73. The quantitative estimate of drug-likeness (QED) is 0.837. The second kappa shape index (κ2) is 7.28. The highest BCUT2D eigenvalue weighted by Gasteiger charge is 2.24. The van der Waals surface area contributed by atoms with Gasteiger partial charge < -0.3 is 9.15 Å². The number of piperidine rings is 1. The first-order valence-corrected chi connectivity index (χ1v) is 8.44. The van der Waals surface area contributed by atoms with Gasteiger partial charge in [0.2, 0.25) is 5.89 Å². The molecule has 4 nitrogen and oxygen atoms in total. The summed E-state index contributed by atoms with van der Waals surface area (Å²) in [5, 5.41) is 0. The molecule has 0 amide bonds. The van der Waals surface area contributed by atoms with Crippen LogP contribution in [0.1, 0.15) is 36.3 Å². The smallest absolute Gasteiger partial charge is 0.226 e. The van der Waals surface area contributed by atoms with E-state index in [4.69, 9.17) is 14.1 Å². The third kappa shape index (κ3) is 3.65. The molecule has 0 aliphatic carbocycles. The molecule has 0 spiro atoms. The minimum atomic E-state index is 0.492. The molecule has 1 saturated heterocycles. The zero-order valence-electron chi connectivity index (χ0n) is 14.3. The molecule has 1 aliphatic rings. The van der Waals surface area contributed by atoms with Crippen LogP contribution < -0.4 is 0 Å². The molecule has 1 aliphatic heterocycles. The molecule has 124 valence electrons. The molecular formula is C19H26N2O2. The van der Waals surface area contributed by atoms with E-state index in [-0.39, 0.29) is 0 Å². The van der Waals surface area contributed by atoms with Crippen LogP contribution in [-0.2, 0) is 11.3 Å². The zero-order valence-corrected chi connectivity index (χ0v) is 14.3. The van der Waals surface area contributed by atoms with E-state index in [9.17, 15) is 0 Å². The number of nitrogens with zero attached hydrogens (tertiary/aromatic N) is 2. The number of oxazole rings is 1. The Balaban J connectivity index is 1.80. The minimum absolute atomic E-state index is 0.492. The fourth-order valence-corrected chi connectivity index (χ4v) is 3.34. The lowest BCUT2D eigenvalue weighted by molar-refractivity contribution is 0.0590. The van der Waals surface area contributed by atoms with E-state index in [0.717, 1.165) is 42.6 Å². The van der Waals surface area contributed by atoms with Gasteiger partial charge in [-0.05, 0) is 44.9 Å². The van der Waals surface area contributed by atoms with Crippen molar-refractivity contribution in [2.45, 2.75) is 45.7 Å². The SMILES string of the molecule is COCC1CCCCN1Cc1nc(-c2ccccc2C)oc1C. The van der Waals surface area contributed by atoms with Gasteiger partial charge in [-0.3, -0.25) is 4.90 Å². The van der Waals surface area contributed by atoms with E-state index in [1.54, 1.807) is 7.11 Å². The Morgan fingerprint density at radius 2 is 2.09 bits per heavy atom. The Hall–Kier alpha value is -1.65. The molecule has 1 unspecified atom stereocenters. The number of hydrogen-bond donors (Lipinski definition) is 0. The van der Waals surface area contributed by atoms with Crippen molar-refractivity contribution in [1.29, 1.82) is 0 Å². The summed E-state index contributed by atoms with van der Waals surface area (Å²) in [6.45, 7) is 6.85. The summed E-state index contributed by atoms with van der Waals surface area (Å²) in [5.41, 5.74) is 3.32. The molecule has 1 aromatic heterocycles. The summed E-state index contributed by atoms with van der Waals surface area (Å²) >= 11 is 0. The second-order valence-electron chi connectivity index (χ2n) is 6.41. The highest BCUT2D eigenvalue weighted by molar-refractivity contribution is 5.58. The van der Waals surface area contributed by atoms with Crippen LogP contribution in [0, 0.1) is 13.8 Å². The van der Waals surface area contributed by atoms with E-state index in [1.165, 1.54) is 24.8 Å². The molecule has 2 aromatic rings. The maximum Gasteiger partial charge on any atom is 0.226 e. The fraction of sp³-hybridized carbons (Fsp3) is 0.526. The molecule has 2 heterocycles. The van der Waals surface area contributed by atoms with Gasteiger partial charge >= 0.3 is 0 Å². The topological polar surface area (TPSA) is 38.5 Å². The Bertz CT molecular complexity index is 649. The molecule has 0 bridgehead atoms. The normalized spacial score (nSPS) is 19.2. The first-order valence-electron chi connectivity index (χ1n) is 8.44. The molecular weight excluding hydrogens is 288 g/mol. The van der Waals surface area contributed by atoms with Crippen LogP contribution in [0.2, 0.25) is 0 Å². The second-order valence-corrected chi connectivity index (χ2v) is 6.41. The Morgan fingerprint density at radius 1 is 1.26 bits per heavy atom. The maximum atomic E-state index is 5.95. The Kier molecular flexibility index (Phi) is 5.13. The Morgan fingerprint density at radius 3 is 2.87 bits per heavy atom. The fourth-order valence-electron chi connectivity index (χ4n) is 3.34. The van der Waals surface area contributed by atoms with Crippen LogP contribution in [-0.4, -0.2) is 36.2 Å². The van der Waals surface area contributed by atoms with Crippen molar-refractivity contribution in [3.63, 3.8) is 0 Å². The van der Waals surface area contributed by atoms with E-state index >= 15 is 0 Å². The molecule has 1 atom stereocenters. The first kappa shape index (κ1) is 16.2. The summed E-state index contributed by atoms with van der Waals surface area (Å²) in [5.74, 6) is 1.65. The van der Waals surface area contributed by atoms with E-state index in [0.29, 0.717) is 6.04 Å². The van der Waals surface area contributed by atoms with Crippen molar-refractivity contribution >= 4 is 0 Å². The molecule has 4 heteroatoms. The highest BCUT2D eigenvalue weighted by Crippen LogP contribution is 2.27. The molecule has 1 fully saturated rings. The lowest BCUT2D eigenvalue weighted by Gasteiger charge is -2.34. The number of benzene rings is 1. The van der Waals surface area contributed by atoms with Gasteiger partial charge in [0.15, 0.2) is 0 Å². The molecule has 0 radical (unpaired) electrons. The monoisotopic (exact) mass is 314 g/mol. The van der Waals surface area contributed by atoms with Crippen molar-refractivity contribution in [3.05, 3.63) is 41.3 Å². The number of aromatic nitrogens is 1. The van der Waals surface area contributed by atoms with Gasteiger partial charge in [-0.15, -0.1) is 0 Å². The predicted molar refractivity (Wildman–Crippen MR) is 91.3 cm³/mol. The minimum Gasteiger partial charge on any atom is -0.441 e. The van der Waals surface area contributed by atoms with Crippen LogP contribution >= 0.6 is 0 Å². The highest BCUT2D eigenvalue weighted by atomic mass is 16.5. The summed E-state index contributed by atoms with van der Waals surface area (Å²) < 4.78 is 11.3. The predicted octanol–water partition coefficient (Wildman–Crippen LogP) is 3.96. The van der Waals surface area contributed by atoms with E-state index in [1.807, 2.05) is 19.1 Å². The van der Waals surface area contributed by atoms with Gasteiger partial charge in [0.05, 0.1) is 12.3 Å². The van der Waals surface area contributed by atoms with E-state index in [2.05, 4.69) is 24.0 Å². The van der Waals surface area contributed by atoms with Crippen molar-refractivity contribution in [3.8, 4) is 11.5 Å². The average molecular weight is 314 g/mol. The lowest BCUT2D eigenvalue weighted by atomic mass is 10.0. The van der Waals surface area contributed by atoms with Gasteiger partial charge in [0, 0.05) is 25.3 Å². The van der Waals surface area contributed by atoms with E-state index < -0.39 is 0 Å². The van der Waals surface area contributed by atoms with Crippen LogP contribution in [0.25, 0.3) is 11.5 Å². The van der Waals surface area contributed by atoms with Gasteiger partial charge in [0.1, 0.15) is 5.76 Å². The van der Waals surface area contributed by atoms with Crippen LogP contribution in [0.15, 0.2) is 28.7 Å². The van der Waals surface area contributed by atoms with Crippen LogP contribution in [0.4, 0.5) is 0 Å². The average Bonchev–Trinajstić information content (AvgIpc) is 2.91. The third-order valence-corrected chi connectivity index (χ3v) is 4.73. The summed E-state index contributed by atoms with van der Waals surface area (Å²) in [7, 11) is 1.78. The molecule has 0 saturated carbocycles. The first-order chi connectivity index (χ1) is 11.2. The number of aryl methyl sites for hydroxylation is 2. The summed E-state index contributed by atoms with van der Waals surface area (Å²) in [4.78, 5) is 7.27. The van der Waals surface area contributed by atoms with Crippen molar-refractivity contribution in [2.75, 3.05) is 20.3 Å². The maximum absolute atomic E-state index is 5.95. The molecule has 1 aromatic carbocycles. The molecule has 23 heavy (non-hydrogen) atoms. The molecule has 3 rings (SSSR count). The van der Waals surface area contributed by atoms with Gasteiger partial charge in [-0.25, -0.2) is 4.98 Å². The summed E-state index contributed by atoms with van der Waals surface area (Å²) in [6.07, 6.45) is 3.74. The van der Waals surface area contributed by atoms with Crippen molar-refractivity contribution in [2.24, 2.45) is 0 Å². The Labute approximate surface area is 138 Å². The number of rotatable bonds is 5. The standard InChI is InChI=1S/C19H26N2O2/c1-14-8-4-5-10-17(14)19-20-18(15(2)23-19)12-21-11-7-6-9-16(21)13-22-3/h4-5,8,10,16H,6-7,9,11-13H2,1-3H3. The lowest BCUT2D eigenvalue weighted by Crippen LogP contribution is -2.41. The number of likely N-dealkylation sites (tertiary alicyclic amines) is 1. The molecule has 0 N–H and O–H groups in total. The largest absolute Gasteiger partial charge is 0.441 e. The zero-order chi connectivity index (χ0) is 16.2. The van der Waals surface area contributed by atoms with Gasteiger partial charge in [-0.1, -0.05) is 24.6 Å². The number of hydrogen-bond acceptors (Lipinski definition) is 4. The number of ether oxygens (including phenoxy) is 1. The van der Waals surface area contributed by atoms with Gasteiger partial charge in [0.25, 0.3) is 0 Å².